The quantitative estimate of drug-likeness (QED) is 0.318. The van der Waals surface area contributed by atoms with E-state index in [1.807, 2.05) is 0 Å². The van der Waals surface area contributed by atoms with Crippen molar-refractivity contribution in [1.82, 2.24) is 0 Å². The Morgan fingerprint density at radius 2 is 2.50 bits per heavy atom. The molecular formula is C7H9NO2. The topological polar surface area (TPSA) is 42.0 Å². The highest BCUT2D eigenvalue weighted by atomic mass is 16.6. The van der Waals surface area contributed by atoms with E-state index >= 15 is 0 Å². The van der Waals surface area contributed by atoms with Gasteiger partial charge in [0.15, 0.2) is 0 Å². The lowest BCUT2D eigenvalue weighted by Crippen LogP contribution is -1.96. The SMILES string of the molecule is C=C(C)C(=O)N=CC1CO1. The van der Waals surface area contributed by atoms with Gasteiger partial charge in [0, 0.05) is 11.8 Å². The van der Waals surface area contributed by atoms with Crippen molar-refractivity contribution in [3.8, 4) is 0 Å². The van der Waals surface area contributed by atoms with Crippen molar-refractivity contribution in [3.63, 3.8) is 0 Å². The second-order valence-electron chi connectivity index (χ2n) is 2.24. The molecule has 0 aromatic rings. The molecule has 1 heterocycles. The third-order valence-electron chi connectivity index (χ3n) is 1.08. The van der Waals surface area contributed by atoms with Crippen LogP contribution in [0, 0.1) is 0 Å². The average Bonchev–Trinajstić information content (AvgIpc) is 2.64. The summed E-state index contributed by atoms with van der Waals surface area (Å²) in [6.45, 7) is 5.77. The first-order valence-electron chi connectivity index (χ1n) is 3.06. The van der Waals surface area contributed by atoms with Gasteiger partial charge in [-0.05, 0) is 6.92 Å². The summed E-state index contributed by atoms with van der Waals surface area (Å²) in [5.41, 5.74) is 0.455. The minimum absolute atomic E-state index is 0.0725. The van der Waals surface area contributed by atoms with E-state index in [9.17, 15) is 4.79 Å². The lowest BCUT2D eigenvalue weighted by atomic mass is 10.3. The summed E-state index contributed by atoms with van der Waals surface area (Å²) >= 11 is 0. The lowest BCUT2D eigenvalue weighted by Gasteiger charge is -1.86. The monoisotopic (exact) mass is 139 g/mol. The van der Waals surface area contributed by atoms with Crippen LogP contribution < -0.4 is 0 Å². The van der Waals surface area contributed by atoms with E-state index in [0.29, 0.717) is 12.2 Å². The smallest absolute Gasteiger partial charge is 0.271 e. The third kappa shape index (κ3) is 2.11. The maximum absolute atomic E-state index is 10.7. The first-order chi connectivity index (χ1) is 4.70. The summed E-state index contributed by atoms with van der Waals surface area (Å²) in [5.74, 6) is -0.268. The number of ether oxygens (including phenoxy) is 1. The van der Waals surface area contributed by atoms with Gasteiger partial charge in [-0.25, -0.2) is 4.99 Å². The van der Waals surface area contributed by atoms with Crippen molar-refractivity contribution in [2.75, 3.05) is 6.61 Å². The van der Waals surface area contributed by atoms with Crippen LogP contribution in [0.3, 0.4) is 0 Å². The van der Waals surface area contributed by atoms with Crippen molar-refractivity contribution >= 4 is 12.1 Å². The van der Waals surface area contributed by atoms with Crippen molar-refractivity contribution in [3.05, 3.63) is 12.2 Å². The summed E-state index contributed by atoms with van der Waals surface area (Å²) in [7, 11) is 0. The number of aliphatic imine (C=N–C) groups is 1. The number of rotatable bonds is 2. The third-order valence-corrected chi connectivity index (χ3v) is 1.08. The molecule has 0 bridgehead atoms. The van der Waals surface area contributed by atoms with Gasteiger partial charge in [-0.1, -0.05) is 6.58 Å². The Morgan fingerprint density at radius 3 is 2.90 bits per heavy atom. The van der Waals surface area contributed by atoms with Crippen LogP contribution in [0.25, 0.3) is 0 Å². The van der Waals surface area contributed by atoms with Crippen LogP contribution in [0.5, 0.6) is 0 Å². The predicted molar refractivity (Wildman–Crippen MR) is 38.1 cm³/mol. The Balaban J connectivity index is 2.35. The highest BCUT2D eigenvalue weighted by Crippen LogP contribution is 2.05. The first-order valence-corrected chi connectivity index (χ1v) is 3.06. The van der Waals surface area contributed by atoms with Crippen LogP contribution in [0.1, 0.15) is 6.92 Å². The van der Waals surface area contributed by atoms with E-state index in [1.165, 1.54) is 6.21 Å². The molecule has 54 valence electrons. The molecule has 3 heteroatoms. The van der Waals surface area contributed by atoms with Crippen molar-refractivity contribution in [2.45, 2.75) is 13.0 Å². The van der Waals surface area contributed by atoms with Crippen molar-refractivity contribution < 1.29 is 9.53 Å². The fraction of sp³-hybridized carbons (Fsp3) is 0.429. The summed E-state index contributed by atoms with van der Waals surface area (Å²) in [6.07, 6.45) is 1.58. The summed E-state index contributed by atoms with van der Waals surface area (Å²) in [4.78, 5) is 14.3. The van der Waals surface area contributed by atoms with Gasteiger partial charge in [-0.3, -0.25) is 4.79 Å². The van der Waals surface area contributed by atoms with Crippen LogP contribution in [-0.4, -0.2) is 24.8 Å². The molecule has 0 aromatic heterocycles. The fourth-order valence-electron chi connectivity index (χ4n) is 0.403. The zero-order chi connectivity index (χ0) is 7.56. The maximum Gasteiger partial charge on any atom is 0.271 e. The van der Waals surface area contributed by atoms with Gasteiger partial charge >= 0.3 is 0 Å². The van der Waals surface area contributed by atoms with E-state index in [-0.39, 0.29) is 12.0 Å². The summed E-state index contributed by atoms with van der Waals surface area (Å²) in [5, 5.41) is 0. The molecule has 1 unspecified atom stereocenters. The molecule has 1 amide bonds. The minimum Gasteiger partial charge on any atom is -0.367 e. The molecule has 1 fully saturated rings. The summed E-state index contributed by atoms with van der Waals surface area (Å²) < 4.78 is 4.81. The van der Waals surface area contributed by atoms with Gasteiger partial charge in [-0.2, -0.15) is 0 Å². The Morgan fingerprint density at radius 1 is 1.90 bits per heavy atom. The fourth-order valence-corrected chi connectivity index (χ4v) is 0.403. The van der Waals surface area contributed by atoms with Crippen molar-refractivity contribution in [1.29, 1.82) is 0 Å². The molecule has 0 spiro atoms. The molecule has 0 aliphatic carbocycles. The van der Waals surface area contributed by atoms with E-state index in [2.05, 4.69) is 11.6 Å². The number of amides is 1. The van der Waals surface area contributed by atoms with E-state index in [4.69, 9.17) is 4.74 Å². The van der Waals surface area contributed by atoms with Crippen LogP contribution >= 0.6 is 0 Å². The first kappa shape index (κ1) is 7.15. The van der Waals surface area contributed by atoms with Gasteiger partial charge in [-0.15, -0.1) is 0 Å². The summed E-state index contributed by atoms with van der Waals surface area (Å²) in [6, 6.07) is 0. The highest BCUT2D eigenvalue weighted by molar-refractivity contribution is 5.98. The molecule has 3 nitrogen and oxygen atoms in total. The van der Waals surface area contributed by atoms with Gasteiger partial charge in [0.2, 0.25) is 0 Å². The van der Waals surface area contributed by atoms with Gasteiger partial charge in [0.1, 0.15) is 6.10 Å². The zero-order valence-electron chi connectivity index (χ0n) is 5.83. The van der Waals surface area contributed by atoms with Crippen LogP contribution in [0.2, 0.25) is 0 Å². The molecule has 1 aliphatic rings. The molecule has 1 aliphatic heterocycles. The Bertz CT molecular complexity index is 192. The molecular weight excluding hydrogens is 130 g/mol. The largest absolute Gasteiger partial charge is 0.367 e. The van der Waals surface area contributed by atoms with Crippen LogP contribution in [0.15, 0.2) is 17.1 Å². The number of carbonyl (C=O) groups is 1. The van der Waals surface area contributed by atoms with Gasteiger partial charge in [0.25, 0.3) is 5.91 Å². The number of hydrogen-bond donors (Lipinski definition) is 0. The molecule has 1 rings (SSSR count). The molecule has 0 saturated carbocycles. The average molecular weight is 139 g/mol. The Kier molecular flexibility index (Phi) is 1.97. The van der Waals surface area contributed by atoms with E-state index in [1.54, 1.807) is 6.92 Å². The number of hydrogen-bond acceptors (Lipinski definition) is 2. The number of nitrogens with zero attached hydrogens (tertiary/aromatic N) is 1. The normalized spacial score (nSPS) is 23.1. The maximum atomic E-state index is 10.7. The Hall–Kier alpha value is -0.960. The van der Waals surface area contributed by atoms with Crippen LogP contribution in [-0.2, 0) is 9.53 Å². The van der Waals surface area contributed by atoms with Gasteiger partial charge in [0.05, 0.1) is 6.61 Å². The second kappa shape index (κ2) is 2.75. The zero-order valence-corrected chi connectivity index (χ0v) is 5.83. The van der Waals surface area contributed by atoms with Gasteiger partial charge < -0.3 is 4.74 Å². The molecule has 10 heavy (non-hydrogen) atoms. The predicted octanol–water partition coefficient (Wildman–Crippen LogP) is 0.559. The van der Waals surface area contributed by atoms with Crippen LogP contribution in [0.4, 0.5) is 0 Å². The standard InChI is InChI=1S/C7H9NO2/c1-5(2)7(9)8-3-6-4-10-6/h3,6H,1,4H2,2H3. The van der Waals surface area contributed by atoms with E-state index in [0.717, 1.165) is 0 Å². The van der Waals surface area contributed by atoms with Crippen molar-refractivity contribution in [2.24, 2.45) is 4.99 Å². The second-order valence-corrected chi connectivity index (χ2v) is 2.24. The number of epoxide rings is 1. The van der Waals surface area contributed by atoms with E-state index < -0.39 is 0 Å². The molecule has 0 radical (unpaired) electrons. The lowest BCUT2D eigenvalue weighted by molar-refractivity contribution is -0.114. The molecule has 1 saturated heterocycles. The molecule has 0 N–H and O–H groups in total. The molecule has 1 atom stereocenters. The highest BCUT2D eigenvalue weighted by Gasteiger charge is 2.19. The Labute approximate surface area is 59.4 Å². The molecule has 0 aromatic carbocycles. The minimum atomic E-state index is -0.268. The number of carbonyl (C=O) groups excluding carboxylic acids is 1.